The SMILES string of the molecule is NC(=O)CCCS(=O)(=O)O. The third-order valence-electron chi connectivity index (χ3n) is 0.825. The van der Waals surface area contributed by atoms with Crippen LogP contribution in [0, 0.1) is 0 Å². The van der Waals surface area contributed by atoms with Crippen molar-refractivity contribution in [1.29, 1.82) is 0 Å². The molecule has 0 aliphatic rings. The average Bonchev–Trinajstić information content (AvgIpc) is 1.59. The fourth-order valence-corrected chi connectivity index (χ4v) is 0.938. The van der Waals surface area contributed by atoms with E-state index in [0.29, 0.717) is 0 Å². The fraction of sp³-hybridized carbons (Fsp3) is 0.750. The summed E-state index contributed by atoms with van der Waals surface area (Å²) in [7, 11) is -3.93. The topological polar surface area (TPSA) is 97.5 Å². The molecule has 0 aliphatic heterocycles. The Balaban J connectivity index is 3.49. The van der Waals surface area contributed by atoms with Crippen LogP contribution in [-0.4, -0.2) is 24.6 Å². The third kappa shape index (κ3) is 7.38. The van der Waals surface area contributed by atoms with E-state index in [0.717, 1.165) is 0 Å². The van der Waals surface area contributed by atoms with Gasteiger partial charge in [-0.05, 0) is 6.42 Å². The van der Waals surface area contributed by atoms with Crippen molar-refractivity contribution in [3.05, 3.63) is 0 Å². The predicted molar refractivity (Wildman–Crippen MR) is 34.8 cm³/mol. The summed E-state index contributed by atoms with van der Waals surface area (Å²) in [6, 6.07) is 0. The first-order chi connectivity index (χ1) is 4.42. The molecule has 6 heteroatoms. The molecule has 0 aromatic heterocycles. The Kier molecular flexibility index (Phi) is 3.31. The van der Waals surface area contributed by atoms with Gasteiger partial charge in [0.1, 0.15) is 0 Å². The molecule has 0 rings (SSSR count). The summed E-state index contributed by atoms with van der Waals surface area (Å²) in [6.07, 6.45) is 0.0634. The first-order valence-corrected chi connectivity index (χ1v) is 4.26. The molecule has 10 heavy (non-hydrogen) atoms. The van der Waals surface area contributed by atoms with Crippen molar-refractivity contribution < 1.29 is 17.8 Å². The molecule has 0 fully saturated rings. The van der Waals surface area contributed by atoms with Crippen molar-refractivity contribution in [3.8, 4) is 0 Å². The molecule has 1 amide bonds. The maximum Gasteiger partial charge on any atom is 0.264 e. The molecular weight excluding hydrogens is 158 g/mol. The van der Waals surface area contributed by atoms with Crippen LogP contribution >= 0.6 is 0 Å². The quantitative estimate of drug-likeness (QED) is 0.532. The molecule has 0 spiro atoms. The normalized spacial score (nSPS) is 11.3. The fourth-order valence-electron chi connectivity index (χ4n) is 0.429. The Hall–Kier alpha value is -0.620. The van der Waals surface area contributed by atoms with Crippen LogP contribution < -0.4 is 5.73 Å². The van der Waals surface area contributed by atoms with Gasteiger partial charge in [-0.3, -0.25) is 9.35 Å². The average molecular weight is 167 g/mol. The van der Waals surface area contributed by atoms with Gasteiger partial charge in [-0.1, -0.05) is 0 Å². The minimum absolute atomic E-state index is 0.0141. The lowest BCUT2D eigenvalue weighted by atomic mass is 10.3. The second kappa shape index (κ2) is 3.52. The van der Waals surface area contributed by atoms with Crippen LogP contribution in [0.4, 0.5) is 0 Å². The van der Waals surface area contributed by atoms with E-state index >= 15 is 0 Å². The Bertz CT molecular complexity index is 207. The zero-order valence-corrected chi connectivity index (χ0v) is 6.10. The molecule has 0 aliphatic carbocycles. The van der Waals surface area contributed by atoms with Gasteiger partial charge < -0.3 is 5.73 Å². The Labute approximate surface area is 59.0 Å². The van der Waals surface area contributed by atoms with Crippen LogP contribution in [0.1, 0.15) is 12.8 Å². The zero-order chi connectivity index (χ0) is 8.20. The molecule has 0 aromatic carbocycles. The molecule has 0 aromatic rings. The zero-order valence-electron chi connectivity index (χ0n) is 5.28. The number of carbonyl (C=O) groups is 1. The van der Waals surface area contributed by atoms with Gasteiger partial charge >= 0.3 is 0 Å². The summed E-state index contributed by atoms with van der Waals surface area (Å²) < 4.78 is 28.2. The van der Waals surface area contributed by atoms with Crippen molar-refractivity contribution in [2.45, 2.75) is 12.8 Å². The first-order valence-electron chi connectivity index (χ1n) is 2.65. The van der Waals surface area contributed by atoms with Crippen molar-refractivity contribution in [2.24, 2.45) is 5.73 Å². The maximum absolute atomic E-state index is 10.0. The summed E-state index contributed by atoms with van der Waals surface area (Å²) in [5, 5.41) is 0. The first kappa shape index (κ1) is 9.38. The van der Waals surface area contributed by atoms with Gasteiger partial charge in [-0.15, -0.1) is 0 Å². The number of rotatable bonds is 4. The Morgan fingerprint density at radius 1 is 1.50 bits per heavy atom. The van der Waals surface area contributed by atoms with Crippen LogP contribution in [0.5, 0.6) is 0 Å². The van der Waals surface area contributed by atoms with Gasteiger partial charge in [0.05, 0.1) is 5.75 Å². The molecule has 0 atom stereocenters. The van der Waals surface area contributed by atoms with E-state index in [9.17, 15) is 13.2 Å². The van der Waals surface area contributed by atoms with Gasteiger partial charge in [-0.25, -0.2) is 0 Å². The molecule has 0 radical (unpaired) electrons. The van der Waals surface area contributed by atoms with E-state index < -0.39 is 21.8 Å². The van der Waals surface area contributed by atoms with Gasteiger partial charge in [0.2, 0.25) is 5.91 Å². The second-order valence-corrected chi connectivity index (χ2v) is 3.43. The molecular formula is C4H9NO4S. The van der Waals surface area contributed by atoms with Crippen molar-refractivity contribution in [3.63, 3.8) is 0 Å². The highest BCUT2D eigenvalue weighted by atomic mass is 32.2. The van der Waals surface area contributed by atoms with E-state index in [1.807, 2.05) is 0 Å². The van der Waals surface area contributed by atoms with Crippen molar-refractivity contribution in [1.82, 2.24) is 0 Å². The molecule has 5 nitrogen and oxygen atoms in total. The number of hydrogen-bond acceptors (Lipinski definition) is 3. The van der Waals surface area contributed by atoms with Crippen LogP contribution in [0.2, 0.25) is 0 Å². The number of carbonyl (C=O) groups excluding carboxylic acids is 1. The highest BCUT2D eigenvalue weighted by Gasteiger charge is 2.04. The van der Waals surface area contributed by atoms with Gasteiger partial charge in [0.25, 0.3) is 10.1 Å². The highest BCUT2D eigenvalue weighted by Crippen LogP contribution is 1.91. The van der Waals surface area contributed by atoms with E-state index in [-0.39, 0.29) is 12.8 Å². The van der Waals surface area contributed by atoms with E-state index in [1.165, 1.54) is 0 Å². The number of amides is 1. The summed E-state index contributed by atoms with van der Waals surface area (Å²) in [5.74, 6) is -0.973. The lowest BCUT2D eigenvalue weighted by Gasteiger charge is -1.92. The monoisotopic (exact) mass is 167 g/mol. The molecule has 0 heterocycles. The number of nitrogens with two attached hydrogens (primary N) is 1. The lowest BCUT2D eigenvalue weighted by molar-refractivity contribution is -0.118. The molecule has 0 unspecified atom stereocenters. The maximum atomic E-state index is 10.0. The van der Waals surface area contributed by atoms with Gasteiger partial charge in [-0.2, -0.15) is 8.42 Å². The Morgan fingerprint density at radius 3 is 2.30 bits per heavy atom. The van der Waals surface area contributed by atoms with Crippen LogP contribution in [0.3, 0.4) is 0 Å². The highest BCUT2D eigenvalue weighted by molar-refractivity contribution is 7.85. The predicted octanol–water partition coefficient (Wildman–Crippen LogP) is -0.860. The number of hydrogen-bond donors (Lipinski definition) is 2. The largest absolute Gasteiger partial charge is 0.370 e. The smallest absolute Gasteiger partial charge is 0.264 e. The van der Waals surface area contributed by atoms with Crippen molar-refractivity contribution >= 4 is 16.0 Å². The van der Waals surface area contributed by atoms with Gasteiger partial charge in [0.15, 0.2) is 0 Å². The second-order valence-electron chi connectivity index (χ2n) is 1.86. The van der Waals surface area contributed by atoms with E-state index in [2.05, 4.69) is 0 Å². The van der Waals surface area contributed by atoms with Crippen molar-refractivity contribution in [2.75, 3.05) is 5.75 Å². The van der Waals surface area contributed by atoms with Crippen LogP contribution in [-0.2, 0) is 14.9 Å². The standard InChI is InChI=1S/C4H9NO4S/c5-4(6)2-1-3-10(7,8)9/h1-3H2,(H2,5,6)(H,7,8,9). The molecule has 0 saturated heterocycles. The van der Waals surface area contributed by atoms with Gasteiger partial charge in [0, 0.05) is 6.42 Å². The third-order valence-corrected chi connectivity index (χ3v) is 1.63. The van der Waals surface area contributed by atoms with E-state index in [1.54, 1.807) is 0 Å². The van der Waals surface area contributed by atoms with Crippen LogP contribution in [0.15, 0.2) is 0 Å². The summed E-state index contributed by atoms with van der Waals surface area (Å²) in [5.41, 5.74) is 4.71. The minimum atomic E-state index is -3.93. The molecule has 0 saturated carbocycles. The Morgan fingerprint density at radius 2 is 2.00 bits per heavy atom. The lowest BCUT2D eigenvalue weighted by Crippen LogP contribution is -2.13. The minimum Gasteiger partial charge on any atom is -0.370 e. The number of primary amides is 1. The summed E-state index contributed by atoms with van der Waals surface area (Å²) >= 11 is 0. The van der Waals surface area contributed by atoms with Crippen LogP contribution in [0.25, 0.3) is 0 Å². The molecule has 3 N–H and O–H groups in total. The summed E-state index contributed by atoms with van der Waals surface area (Å²) in [6.45, 7) is 0. The molecule has 60 valence electrons. The van der Waals surface area contributed by atoms with E-state index in [4.69, 9.17) is 10.3 Å². The summed E-state index contributed by atoms with van der Waals surface area (Å²) in [4.78, 5) is 10.0. The molecule has 0 bridgehead atoms.